The molecule has 0 heterocycles. The Morgan fingerprint density at radius 1 is 0.800 bits per heavy atom. The summed E-state index contributed by atoms with van der Waals surface area (Å²) in [6.45, 7) is -0.150. The Morgan fingerprint density at radius 3 is 2.00 bits per heavy atom. The van der Waals surface area contributed by atoms with Gasteiger partial charge in [-0.1, -0.05) is 0 Å². The third-order valence-corrected chi connectivity index (χ3v) is 3.14. The molecule has 20 heavy (non-hydrogen) atoms. The van der Waals surface area contributed by atoms with E-state index in [2.05, 4.69) is 21.2 Å². The fraction of sp³-hybridized carbons (Fsp3) is 0.0769. The van der Waals surface area contributed by atoms with Crippen molar-refractivity contribution in [3.63, 3.8) is 0 Å². The third kappa shape index (κ3) is 3.09. The van der Waals surface area contributed by atoms with Gasteiger partial charge in [0.05, 0.1) is 10.2 Å². The van der Waals surface area contributed by atoms with Crippen molar-refractivity contribution in [2.75, 3.05) is 5.32 Å². The van der Waals surface area contributed by atoms with Crippen molar-refractivity contribution >= 4 is 21.6 Å². The van der Waals surface area contributed by atoms with Crippen LogP contribution < -0.4 is 5.32 Å². The zero-order valence-corrected chi connectivity index (χ0v) is 11.4. The summed E-state index contributed by atoms with van der Waals surface area (Å²) in [5, 5.41) is 2.54. The van der Waals surface area contributed by atoms with E-state index < -0.39 is 29.1 Å². The second-order valence-electron chi connectivity index (χ2n) is 3.97. The summed E-state index contributed by atoms with van der Waals surface area (Å²) < 4.78 is 65.2. The molecule has 0 aliphatic carbocycles. The molecule has 2 aromatic carbocycles. The zero-order chi connectivity index (χ0) is 14.9. The lowest BCUT2D eigenvalue weighted by atomic mass is 10.2. The van der Waals surface area contributed by atoms with E-state index in [-0.39, 0.29) is 22.3 Å². The molecule has 0 amide bonds. The van der Waals surface area contributed by atoms with Gasteiger partial charge in [0.2, 0.25) is 0 Å². The molecule has 0 saturated carbocycles. The van der Waals surface area contributed by atoms with Gasteiger partial charge in [-0.3, -0.25) is 0 Å². The molecule has 0 unspecified atom stereocenters. The maximum atomic E-state index is 13.4. The summed E-state index contributed by atoms with van der Waals surface area (Å²) in [6.07, 6.45) is 0. The molecule has 0 aromatic heterocycles. The SMILES string of the molecule is Fc1cc(F)c(NCc2cc(F)c(F)c(F)c2)cc1Br. The van der Waals surface area contributed by atoms with Crippen LogP contribution in [0.1, 0.15) is 5.56 Å². The van der Waals surface area contributed by atoms with Gasteiger partial charge in [0.25, 0.3) is 0 Å². The number of rotatable bonds is 3. The van der Waals surface area contributed by atoms with Crippen LogP contribution >= 0.6 is 15.9 Å². The van der Waals surface area contributed by atoms with Crippen LogP contribution in [-0.4, -0.2) is 0 Å². The van der Waals surface area contributed by atoms with Gasteiger partial charge < -0.3 is 5.32 Å². The third-order valence-electron chi connectivity index (χ3n) is 2.54. The highest BCUT2D eigenvalue weighted by atomic mass is 79.9. The van der Waals surface area contributed by atoms with Crippen molar-refractivity contribution in [3.8, 4) is 0 Å². The number of hydrogen-bond acceptors (Lipinski definition) is 1. The maximum absolute atomic E-state index is 13.4. The van der Waals surface area contributed by atoms with E-state index in [9.17, 15) is 22.0 Å². The number of hydrogen-bond donors (Lipinski definition) is 1. The molecule has 0 fully saturated rings. The van der Waals surface area contributed by atoms with Gasteiger partial charge in [0, 0.05) is 12.6 Å². The van der Waals surface area contributed by atoms with Crippen LogP contribution in [0.5, 0.6) is 0 Å². The van der Waals surface area contributed by atoms with Gasteiger partial charge in [0.1, 0.15) is 11.6 Å². The lowest BCUT2D eigenvalue weighted by molar-refractivity contribution is 0.445. The van der Waals surface area contributed by atoms with Crippen molar-refractivity contribution in [1.29, 1.82) is 0 Å². The lowest BCUT2D eigenvalue weighted by Gasteiger charge is -2.09. The Labute approximate surface area is 119 Å². The highest BCUT2D eigenvalue weighted by Gasteiger charge is 2.12. The van der Waals surface area contributed by atoms with Gasteiger partial charge in [-0.2, -0.15) is 0 Å². The van der Waals surface area contributed by atoms with Gasteiger partial charge >= 0.3 is 0 Å². The summed E-state index contributed by atoms with van der Waals surface area (Å²) in [6, 6.07) is 3.41. The number of anilines is 1. The van der Waals surface area contributed by atoms with Crippen LogP contribution in [0.15, 0.2) is 28.7 Å². The molecular formula is C13H7BrF5N. The van der Waals surface area contributed by atoms with E-state index in [1.807, 2.05) is 0 Å². The minimum Gasteiger partial charge on any atom is -0.379 e. The molecule has 2 aromatic rings. The Bertz CT molecular complexity index is 636. The fourth-order valence-electron chi connectivity index (χ4n) is 1.57. The fourth-order valence-corrected chi connectivity index (χ4v) is 1.91. The molecule has 106 valence electrons. The molecule has 2 rings (SSSR count). The Morgan fingerprint density at radius 2 is 1.40 bits per heavy atom. The predicted octanol–water partition coefficient (Wildman–Crippen LogP) is 4.76. The summed E-state index contributed by atoms with van der Waals surface area (Å²) >= 11 is 2.89. The normalized spacial score (nSPS) is 10.7. The molecule has 0 spiro atoms. The highest BCUT2D eigenvalue weighted by molar-refractivity contribution is 9.10. The second kappa shape index (κ2) is 5.78. The first-order valence-corrected chi connectivity index (χ1v) is 6.19. The molecule has 0 atom stereocenters. The predicted molar refractivity (Wildman–Crippen MR) is 67.7 cm³/mol. The monoisotopic (exact) mass is 351 g/mol. The lowest BCUT2D eigenvalue weighted by Crippen LogP contribution is -2.04. The Balaban J connectivity index is 2.19. The summed E-state index contributed by atoms with van der Waals surface area (Å²) in [7, 11) is 0. The van der Waals surface area contributed by atoms with Gasteiger partial charge in [-0.05, 0) is 39.7 Å². The van der Waals surface area contributed by atoms with E-state index in [0.29, 0.717) is 6.07 Å². The largest absolute Gasteiger partial charge is 0.379 e. The van der Waals surface area contributed by atoms with E-state index in [1.165, 1.54) is 0 Å². The van der Waals surface area contributed by atoms with E-state index >= 15 is 0 Å². The number of halogens is 6. The molecule has 7 heteroatoms. The molecule has 0 aliphatic rings. The zero-order valence-electron chi connectivity index (χ0n) is 9.78. The molecular weight excluding hydrogens is 345 g/mol. The van der Waals surface area contributed by atoms with Crippen LogP contribution in [0.25, 0.3) is 0 Å². The van der Waals surface area contributed by atoms with Crippen molar-refractivity contribution in [1.82, 2.24) is 0 Å². The molecule has 1 N–H and O–H groups in total. The molecule has 0 aliphatic heterocycles. The molecule has 1 nitrogen and oxygen atoms in total. The Hall–Kier alpha value is -1.63. The van der Waals surface area contributed by atoms with Gasteiger partial charge in [-0.25, -0.2) is 22.0 Å². The van der Waals surface area contributed by atoms with Crippen molar-refractivity contribution in [2.45, 2.75) is 6.54 Å². The summed E-state index contributed by atoms with van der Waals surface area (Å²) in [5.74, 6) is -5.85. The first-order valence-electron chi connectivity index (χ1n) is 5.40. The minimum absolute atomic E-state index is 0.0397. The van der Waals surface area contributed by atoms with Gasteiger partial charge in [-0.15, -0.1) is 0 Å². The van der Waals surface area contributed by atoms with E-state index in [4.69, 9.17) is 0 Å². The van der Waals surface area contributed by atoms with Crippen LogP contribution in [0.3, 0.4) is 0 Å². The summed E-state index contributed by atoms with van der Waals surface area (Å²) in [5.41, 5.74) is 0.0321. The first-order chi connectivity index (χ1) is 9.38. The van der Waals surface area contributed by atoms with Crippen molar-refractivity contribution in [3.05, 3.63) is 63.4 Å². The summed E-state index contributed by atoms with van der Waals surface area (Å²) in [4.78, 5) is 0. The van der Waals surface area contributed by atoms with E-state index in [0.717, 1.165) is 18.2 Å². The van der Waals surface area contributed by atoms with E-state index in [1.54, 1.807) is 0 Å². The van der Waals surface area contributed by atoms with Crippen LogP contribution in [-0.2, 0) is 6.54 Å². The quantitative estimate of drug-likeness (QED) is 0.477. The van der Waals surface area contributed by atoms with Crippen molar-refractivity contribution in [2.24, 2.45) is 0 Å². The standard InChI is InChI=1S/C13H7BrF5N/c14-7-3-12(9(16)4-8(7)15)20-5-6-1-10(17)13(19)11(18)2-6/h1-4,20H,5H2. The smallest absolute Gasteiger partial charge is 0.194 e. The van der Waals surface area contributed by atoms with Crippen molar-refractivity contribution < 1.29 is 22.0 Å². The maximum Gasteiger partial charge on any atom is 0.194 e. The average molecular weight is 352 g/mol. The first kappa shape index (κ1) is 14.8. The van der Waals surface area contributed by atoms with Crippen LogP contribution in [0.4, 0.5) is 27.6 Å². The topological polar surface area (TPSA) is 12.0 Å². The Kier molecular flexibility index (Phi) is 4.27. The van der Waals surface area contributed by atoms with Crippen LogP contribution in [0, 0.1) is 29.1 Å². The molecule has 0 radical (unpaired) electrons. The molecule has 0 saturated heterocycles. The average Bonchev–Trinajstić information content (AvgIpc) is 2.38. The second-order valence-corrected chi connectivity index (χ2v) is 4.83. The highest BCUT2D eigenvalue weighted by Crippen LogP contribution is 2.24. The minimum atomic E-state index is -1.57. The van der Waals surface area contributed by atoms with Crippen LogP contribution in [0.2, 0.25) is 0 Å². The number of nitrogens with one attached hydrogen (secondary N) is 1. The molecule has 0 bridgehead atoms. The number of benzene rings is 2. The van der Waals surface area contributed by atoms with Gasteiger partial charge in [0.15, 0.2) is 17.5 Å².